The maximum Gasteiger partial charge on any atom is 0.146 e. The van der Waals surface area contributed by atoms with Gasteiger partial charge in [0, 0.05) is 36.7 Å². The molecule has 0 aliphatic rings. The third-order valence-electron chi connectivity index (χ3n) is 4.04. The van der Waals surface area contributed by atoms with Gasteiger partial charge in [-0.3, -0.25) is 0 Å². The molecule has 11 heteroatoms. The number of benzene rings is 2. The van der Waals surface area contributed by atoms with Crippen LogP contribution >= 0.6 is 39.1 Å². The summed E-state index contributed by atoms with van der Waals surface area (Å²) in [5, 5.41) is 0.903. The Labute approximate surface area is 208 Å². The van der Waals surface area contributed by atoms with Crippen molar-refractivity contribution in [3.8, 4) is 23.0 Å². The molecule has 0 saturated heterocycles. The normalized spacial score (nSPS) is 10.2. The number of anilines is 4. The predicted molar refractivity (Wildman–Crippen MR) is 137 cm³/mol. The summed E-state index contributed by atoms with van der Waals surface area (Å²) in [6, 6.07) is 15.1. The first kappa shape index (κ1) is 24.2. The molecule has 0 aliphatic heterocycles. The summed E-state index contributed by atoms with van der Waals surface area (Å²) in [5.74, 6) is 3.12. The van der Waals surface area contributed by atoms with Crippen molar-refractivity contribution < 1.29 is 9.47 Å². The number of halogens is 3. The van der Waals surface area contributed by atoms with Gasteiger partial charge in [-0.15, -0.1) is 0 Å². The number of pyridine rings is 2. The number of nitrogens with zero attached hydrogens (tertiary/aromatic N) is 2. The van der Waals surface area contributed by atoms with Crippen LogP contribution in [0.25, 0.3) is 0 Å². The zero-order valence-corrected chi connectivity index (χ0v) is 20.1. The van der Waals surface area contributed by atoms with Gasteiger partial charge in [0.05, 0.1) is 21.4 Å². The number of aromatic nitrogens is 2. The van der Waals surface area contributed by atoms with Crippen molar-refractivity contribution in [1.82, 2.24) is 9.97 Å². The molecule has 0 saturated carbocycles. The lowest BCUT2D eigenvalue weighted by Gasteiger charge is -2.09. The molecule has 0 radical (unpaired) electrons. The summed E-state index contributed by atoms with van der Waals surface area (Å²) in [6.07, 6.45) is 3.14. The molecule has 2 heterocycles. The minimum Gasteiger partial charge on any atom is -0.457 e. The summed E-state index contributed by atoms with van der Waals surface area (Å²) in [5.41, 5.74) is 23.4. The highest BCUT2D eigenvalue weighted by Gasteiger charge is 2.07. The van der Waals surface area contributed by atoms with Crippen molar-refractivity contribution in [2.45, 2.75) is 0 Å². The van der Waals surface area contributed by atoms with Crippen LogP contribution in [0.2, 0.25) is 10.0 Å². The van der Waals surface area contributed by atoms with Crippen molar-refractivity contribution in [2.75, 3.05) is 22.9 Å². The van der Waals surface area contributed by atoms with E-state index in [0.29, 0.717) is 60.5 Å². The second kappa shape index (κ2) is 11.0. The fraction of sp³-hybridized carbons (Fsp3) is 0. The Morgan fingerprint density at radius 3 is 1.79 bits per heavy atom. The Kier molecular flexibility index (Phi) is 8.05. The Hall–Kier alpha value is -3.40. The van der Waals surface area contributed by atoms with E-state index < -0.39 is 0 Å². The van der Waals surface area contributed by atoms with Gasteiger partial charge in [-0.25, -0.2) is 9.97 Å². The van der Waals surface area contributed by atoms with E-state index in [-0.39, 0.29) is 0 Å². The zero-order chi connectivity index (χ0) is 24.0. The number of ether oxygens (including phenoxy) is 2. The lowest BCUT2D eigenvalue weighted by Crippen LogP contribution is -1.94. The molecule has 0 amide bonds. The second-order valence-electron chi connectivity index (χ2n) is 6.50. The number of hydrogen-bond donors (Lipinski definition) is 4. The van der Waals surface area contributed by atoms with E-state index >= 15 is 0 Å². The fourth-order valence-corrected chi connectivity index (χ4v) is 3.07. The zero-order valence-electron chi connectivity index (χ0n) is 17.0. The van der Waals surface area contributed by atoms with E-state index in [2.05, 4.69) is 25.9 Å². The Morgan fingerprint density at radius 1 is 0.667 bits per heavy atom. The van der Waals surface area contributed by atoms with Crippen LogP contribution in [-0.4, -0.2) is 9.97 Å². The Balaban J connectivity index is 0.000000186. The molecule has 0 aliphatic carbocycles. The molecule has 0 bridgehead atoms. The molecule has 2 aromatic carbocycles. The molecule has 0 atom stereocenters. The fourth-order valence-electron chi connectivity index (χ4n) is 2.42. The Morgan fingerprint density at radius 2 is 1.21 bits per heavy atom. The highest BCUT2D eigenvalue weighted by atomic mass is 79.9. The molecule has 0 fully saturated rings. The molecule has 0 unspecified atom stereocenters. The molecular weight excluding hydrogens is 531 g/mol. The van der Waals surface area contributed by atoms with Gasteiger partial charge in [0.15, 0.2) is 0 Å². The van der Waals surface area contributed by atoms with Crippen LogP contribution in [0.4, 0.5) is 23.0 Å². The quantitative estimate of drug-likeness (QED) is 0.221. The standard InChI is InChI=1S/C11H9BrClN3O.C11H10ClN3O/c12-10-9(3-4-16-11(10)15)17-6-1-2-8(14)7(13)5-6;12-9-5-7(1-2-10(9)13)16-8-3-4-15-11(14)6-8/h1-5H,14H2,(H2,15,16);1-6H,13H2,(H2,14,15). The van der Waals surface area contributed by atoms with Gasteiger partial charge in [-0.05, 0) is 46.3 Å². The van der Waals surface area contributed by atoms with E-state index in [1.165, 1.54) is 0 Å². The average Bonchev–Trinajstić information content (AvgIpc) is 2.77. The van der Waals surface area contributed by atoms with E-state index in [4.69, 9.17) is 55.6 Å². The third kappa shape index (κ3) is 6.79. The number of nitrogen functional groups attached to an aromatic ring is 4. The first-order valence-electron chi connectivity index (χ1n) is 9.30. The predicted octanol–water partition coefficient (Wildman–Crippen LogP) is 6.15. The number of hydrogen-bond acceptors (Lipinski definition) is 8. The van der Waals surface area contributed by atoms with Gasteiger partial charge in [-0.1, -0.05) is 23.2 Å². The van der Waals surface area contributed by atoms with Gasteiger partial charge in [0.25, 0.3) is 0 Å². The summed E-state index contributed by atoms with van der Waals surface area (Å²) in [4.78, 5) is 7.78. The van der Waals surface area contributed by atoms with E-state index in [1.54, 1.807) is 67.0 Å². The average molecular weight is 550 g/mol. The van der Waals surface area contributed by atoms with E-state index in [1.807, 2.05) is 0 Å². The van der Waals surface area contributed by atoms with Crippen LogP contribution in [0.15, 0.2) is 71.5 Å². The highest BCUT2D eigenvalue weighted by Crippen LogP contribution is 2.34. The van der Waals surface area contributed by atoms with Crippen LogP contribution in [-0.2, 0) is 0 Å². The van der Waals surface area contributed by atoms with Gasteiger partial charge in [0.1, 0.15) is 39.1 Å². The molecule has 4 aromatic rings. The van der Waals surface area contributed by atoms with Gasteiger partial charge in [0.2, 0.25) is 0 Å². The SMILES string of the molecule is Nc1cc(Oc2ccc(N)c(Cl)c2)ccn1.Nc1ccc(Oc2ccnc(N)c2Br)cc1Cl. The number of rotatable bonds is 4. The van der Waals surface area contributed by atoms with E-state index in [9.17, 15) is 0 Å². The number of nitrogens with two attached hydrogens (primary N) is 4. The maximum absolute atomic E-state index is 5.90. The molecule has 4 rings (SSSR count). The van der Waals surface area contributed by atoms with E-state index in [0.717, 1.165) is 0 Å². The summed E-state index contributed by atoms with van der Waals surface area (Å²) >= 11 is 15.1. The van der Waals surface area contributed by atoms with Crippen molar-refractivity contribution in [3.63, 3.8) is 0 Å². The van der Waals surface area contributed by atoms with Crippen LogP contribution in [0.3, 0.4) is 0 Å². The molecule has 2 aromatic heterocycles. The monoisotopic (exact) mass is 548 g/mol. The van der Waals surface area contributed by atoms with Crippen LogP contribution in [0.1, 0.15) is 0 Å². The topological polar surface area (TPSA) is 148 Å². The van der Waals surface area contributed by atoms with Crippen molar-refractivity contribution >= 4 is 62.1 Å². The van der Waals surface area contributed by atoms with Crippen LogP contribution < -0.4 is 32.4 Å². The molecule has 0 spiro atoms. The van der Waals surface area contributed by atoms with Crippen molar-refractivity contribution in [1.29, 1.82) is 0 Å². The summed E-state index contributed by atoms with van der Waals surface area (Å²) in [7, 11) is 0. The minimum absolute atomic E-state index is 0.365. The van der Waals surface area contributed by atoms with Crippen molar-refractivity contribution in [3.05, 3.63) is 81.5 Å². The molecule has 8 N–H and O–H groups in total. The van der Waals surface area contributed by atoms with Crippen LogP contribution in [0.5, 0.6) is 23.0 Å². The highest BCUT2D eigenvalue weighted by molar-refractivity contribution is 9.10. The first-order chi connectivity index (χ1) is 15.7. The lowest BCUT2D eigenvalue weighted by molar-refractivity contribution is 0.479. The summed E-state index contributed by atoms with van der Waals surface area (Å²) in [6.45, 7) is 0. The maximum atomic E-state index is 5.90. The first-order valence-corrected chi connectivity index (χ1v) is 10.8. The molecule has 33 heavy (non-hydrogen) atoms. The van der Waals surface area contributed by atoms with Crippen molar-refractivity contribution in [2.24, 2.45) is 0 Å². The summed E-state index contributed by atoms with van der Waals surface area (Å²) < 4.78 is 11.8. The third-order valence-corrected chi connectivity index (χ3v) is 5.49. The molecule has 8 nitrogen and oxygen atoms in total. The molecular formula is C22H19BrCl2N6O2. The van der Waals surface area contributed by atoms with Gasteiger partial charge < -0.3 is 32.4 Å². The largest absolute Gasteiger partial charge is 0.457 e. The van der Waals surface area contributed by atoms with Crippen LogP contribution in [0, 0.1) is 0 Å². The minimum atomic E-state index is 0.365. The second-order valence-corrected chi connectivity index (χ2v) is 8.10. The Bertz CT molecular complexity index is 1280. The molecule has 170 valence electrons. The van der Waals surface area contributed by atoms with Gasteiger partial charge >= 0.3 is 0 Å². The van der Waals surface area contributed by atoms with Gasteiger partial charge in [-0.2, -0.15) is 0 Å². The smallest absolute Gasteiger partial charge is 0.146 e. The lowest BCUT2D eigenvalue weighted by atomic mass is 10.3.